The number of ether oxygens (including phenoxy) is 1. The average molecular weight is 273 g/mol. The molecule has 0 unspecified atom stereocenters. The molecule has 2 N–H and O–H groups in total. The van der Waals surface area contributed by atoms with Crippen molar-refractivity contribution in [2.45, 2.75) is 46.8 Å². The molecule has 1 heterocycles. The summed E-state index contributed by atoms with van der Waals surface area (Å²) in [6, 6.07) is 8.32. The quantitative estimate of drug-likeness (QED) is 0.893. The molecule has 108 valence electrons. The summed E-state index contributed by atoms with van der Waals surface area (Å²) < 4.78 is 11.6. The minimum absolute atomic E-state index is 0.424. The van der Waals surface area contributed by atoms with E-state index in [1.807, 2.05) is 13.0 Å². The first-order chi connectivity index (χ1) is 9.51. The molecule has 2 rings (SSSR count). The molecular weight excluding hydrogens is 250 g/mol. The summed E-state index contributed by atoms with van der Waals surface area (Å²) in [6.07, 6.45) is 0. The number of rotatable bonds is 5. The Balaban J connectivity index is 2.15. The van der Waals surface area contributed by atoms with Crippen LogP contribution in [0.15, 0.2) is 28.7 Å². The molecule has 1 aromatic carbocycles. The lowest BCUT2D eigenvalue weighted by Crippen LogP contribution is -2.00. The third-order valence-electron chi connectivity index (χ3n) is 3.42. The minimum Gasteiger partial charge on any atom is -0.485 e. The maximum atomic E-state index is 5.94. The summed E-state index contributed by atoms with van der Waals surface area (Å²) >= 11 is 0. The van der Waals surface area contributed by atoms with Gasteiger partial charge in [0.2, 0.25) is 0 Å². The van der Waals surface area contributed by atoms with E-state index in [0.717, 1.165) is 22.8 Å². The van der Waals surface area contributed by atoms with Gasteiger partial charge >= 0.3 is 0 Å². The molecule has 2 aromatic rings. The maximum absolute atomic E-state index is 5.94. The van der Waals surface area contributed by atoms with Gasteiger partial charge in [0.1, 0.15) is 23.9 Å². The van der Waals surface area contributed by atoms with Crippen LogP contribution in [-0.2, 0) is 13.2 Å². The molecule has 0 fully saturated rings. The molecule has 20 heavy (non-hydrogen) atoms. The fourth-order valence-electron chi connectivity index (χ4n) is 2.26. The largest absolute Gasteiger partial charge is 0.485 e. The molecule has 0 atom stereocenters. The highest BCUT2D eigenvalue weighted by atomic mass is 16.5. The Labute approximate surface area is 120 Å². The number of furan rings is 1. The zero-order valence-electron chi connectivity index (χ0n) is 12.7. The van der Waals surface area contributed by atoms with Crippen molar-refractivity contribution in [1.29, 1.82) is 0 Å². The Hall–Kier alpha value is -1.74. The normalized spacial score (nSPS) is 11.1. The summed E-state index contributed by atoms with van der Waals surface area (Å²) in [7, 11) is 0. The first kappa shape index (κ1) is 14.7. The molecular formula is C17H23NO2. The van der Waals surface area contributed by atoms with Crippen molar-refractivity contribution in [1.82, 2.24) is 0 Å². The van der Waals surface area contributed by atoms with Crippen LogP contribution >= 0.6 is 0 Å². The highest BCUT2D eigenvalue weighted by Crippen LogP contribution is 2.28. The van der Waals surface area contributed by atoms with E-state index in [4.69, 9.17) is 14.9 Å². The van der Waals surface area contributed by atoms with Gasteiger partial charge in [-0.25, -0.2) is 0 Å². The highest BCUT2D eigenvalue weighted by Gasteiger charge is 2.11. The van der Waals surface area contributed by atoms with E-state index >= 15 is 0 Å². The third-order valence-corrected chi connectivity index (χ3v) is 3.42. The Morgan fingerprint density at radius 3 is 2.55 bits per heavy atom. The summed E-state index contributed by atoms with van der Waals surface area (Å²) in [6.45, 7) is 9.27. The van der Waals surface area contributed by atoms with Crippen molar-refractivity contribution in [3.8, 4) is 5.75 Å². The molecule has 0 saturated heterocycles. The van der Waals surface area contributed by atoms with Crippen LogP contribution in [0, 0.1) is 13.8 Å². The van der Waals surface area contributed by atoms with Crippen LogP contribution in [0.5, 0.6) is 5.75 Å². The Morgan fingerprint density at radius 2 is 1.95 bits per heavy atom. The second-order valence-electron chi connectivity index (χ2n) is 5.51. The van der Waals surface area contributed by atoms with Crippen molar-refractivity contribution in [2.75, 3.05) is 0 Å². The Morgan fingerprint density at radius 1 is 1.20 bits per heavy atom. The predicted molar refractivity (Wildman–Crippen MR) is 80.9 cm³/mol. The van der Waals surface area contributed by atoms with Gasteiger partial charge in [0.25, 0.3) is 0 Å². The number of hydrogen-bond acceptors (Lipinski definition) is 3. The number of benzene rings is 1. The second-order valence-corrected chi connectivity index (χ2v) is 5.51. The van der Waals surface area contributed by atoms with Crippen LogP contribution in [0.2, 0.25) is 0 Å². The van der Waals surface area contributed by atoms with Crippen LogP contribution in [-0.4, -0.2) is 0 Å². The first-order valence-electron chi connectivity index (χ1n) is 7.03. The fourth-order valence-corrected chi connectivity index (χ4v) is 2.26. The third kappa shape index (κ3) is 3.23. The van der Waals surface area contributed by atoms with Crippen molar-refractivity contribution in [2.24, 2.45) is 5.73 Å². The smallest absolute Gasteiger partial charge is 0.146 e. The van der Waals surface area contributed by atoms with Gasteiger partial charge in [0, 0.05) is 0 Å². The zero-order chi connectivity index (χ0) is 14.7. The maximum Gasteiger partial charge on any atom is 0.146 e. The molecule has 0 aliphatic rings. The second kappa shape index (κ2) is 6.14. The average Bonchev–Trinajstić information content (AvgIpc) is 2.76. The van der Waals surface area contributed by atoms with E-state index < -0.39 is 0 Å². The molecule has 3 nitrogen and oxygen atoms in total. The standard InChI is InChI=1S/C17H23NO2/c1-11(2)15-6-5-12(3)7-16(15)19-10-14-8-13(4)17(9-18)20-14/h5-8,11H,9-10,18H2,1-4H3. The lowest BCUT2D eigenvalue weighted by molar-refractivity contribution is 0.263. The van der Waals surface area contributed by atoms with Gasteiger partial charge in [-0.15, -0.1) is 0 Å². The summed E-state index contributed by atoms with van der Waals surface area (Å²) in [5.74, 6) is 3.02. The van der Waals surface area contributed by atoms with Gasteiger partial charge in [-0.1, -0.05) is 26.0 Å². The lowest BCUT2D eigenvalue weighted by atomic mass is 10.0. The van der Waals surface area contributed by atoms with Crippen LogP contribution in [0.4, 0.5) is 0 Å². The van der Waals surface area contributed by atoms with Gasteiger partial charge in [0.05, 0.1) is 6.54 Å². The number of nitrogens with two attached hydrogens (primary N) is 1. The van der Waals surface area contributed by atoms with Crippen molar-refractivity contribution in [3.63, 3.8) is 0 Å². The predicted octanol–water partition coefficient (Wildman–Crippen LogP) is 4.06. The molecule has 0 aliphatic carbocycles. The van der Waals surface area contributed by atoms with E-state index in [-0.39, 0.29) is 0 Å². The molecule has 0 amide bonds. The number of aryl methyl sites for hydroxylation is 2. The molecule has 0 radical (unpaired) electrons. The van der Waals surface area contributed by atoms with E-state index in [2.05, 4.69) is 39.0 Å². The van der Waals surface area contributed by atoms with Gasteiger partial charge in [-0.2, -0.15) is 0 Å². The van der Waals surface area contributed by atoms with Crippen LogP contribution in [0.1, 0.15) is 48.0 Å². The van der Waals surface area contributed by atoms with E-state index in [0.29, 0.717) is 19.1 Å². The van der Waals surface area contributed by atoms with Gasteiger partial charge in [0.15, 0.2) is 0 Å². The van der Waals surface area contributed by atoms with Crippen molar-refractivity contribution < 1.29 is 9.15 Å². The van der Waals surface area contributed by atoms with Crippen LogP contribution < -0.4 is 10.5 Å². The summed E-state index contributed by atoms with van der Waals surface area (Å²) in [5.41, 5.74) is 9.12. The van der Waals surface area contributed by atoms with Gasteiger partial charge in [-0.05, 0) is 48.6 Å². The number of hydrogen-bond donors (Lipinski definition) is 1. The molecule has 0 saturated carbocycles. The van der Waals surface area contributed by atoms with Crippen LogP contribution in [0.3, 0.4) is 0 Å². The van der Waals surface area contributed by atoms with E-state index in [9.17, 15) is 0 Å². The van der Waals surface area contributed by atoms with Crippen molar-refractivity contribution >= 4 is 0 Å². The zero-order valence-corrected chi connectivity index (χ0v) is 12.7. The molecule has 0 aliphatic heterocycles. The van der Waals surface area contributed by atoms with Gasteiger partial charge in [-0.3, -0.25) is 0 Å². The monoisotopic (exact) mass is 273 g/mol. The summed E-state index contributed by atoms with van der Waals surface area (Å²) in [5, 5.41) is 0. The first-order valence-corrected chi connectivity index (χ1v) is 7.03. The molecule has 0 bridgehead atoms. The lowest BCUT2D eigenvalue weighted by Gasteiger charge is -2.14. The Kier molecular flexibility index (Phi) is 4.50. The minimum atomic E-state index is 0.424. The highest BCUT2D eigenvalue weighted by molar-refractivity contribution is 5.39. The van der Waals surface area contributed by atoms with Gasteiger partial charge < -0.3 is 14.9 Å². The fraction of sp³-hybridized carbons (Fsp3) is 0.412. The molecule has 3 heteroatoms. The Bertz CT molecular complexity index is 585. The summed E-state index contributed by atoms with van der Waals surface area (Å²) in [4.78, 5) is 0. The van der Waals surface area contributed by atoms with E-state index in [1.54, 1.807) is 0 Å². The molecule has 1 aromatic heterocycles. The van der Waals surface area contributed by atoms with Crippen LogP contribution in [0.25, 0.3) is 0 Å². The van der Waals surface area contributed by atoms with Crippen molar-refractivity contribution in [3.05, 3.63) is 52.5 Å². The SMILES string of the molecule is Cc1ccc(C(C)C)c(OCc2cc(C)c(CN)o2)c1. The topological polar surface area (TPSA) is 48.4 Å². The van der Waals surface area contributed by atoms with E-state index in [1.165, 1.54) is 11.1 Å². The molecule has 0 spiro atoms.